The van der Waals surface area contributed by atoms with Crippen molar-refractivity contribution in [2.24, 2.45) is 17.6 Å². The number of allylic oxidation sites excluding steroid dienone is 2. The number of nitrogens with two attached hydrogens (primary N) is 1. The summed E-state index contributed by atoms with van der Waals surface area (Å²) in [4.78, 5) is 0. The van der Waals surface area contributed by atoms with Crippen molar-refractivity contribution in [2.45, 2.75) is 32.4 Å². The van der Waals surface area contributed by atoms with E-state index in [1.165, 1.54) is 0 Å². The number of halogens is 3. The zero-order chi connectivity index (χ0) is 10.1. The van der Waals surface area contributed by atoms with Crippen molar-refractivity contribution in [1.29, 1.82) is 0 Å². The maximum Gasteiger partial charge on any atom is 0.392 e. The Bertz CT molecular complexity index is 207. The summed E-state index contributed by atoms with van der Waals surface area (Å²) in [6, 6.07) is 0. The molecule has 0 bridgehead atoms. The van der Waals surface area contributed by atoms with E-state index in [2.05, 4.69) is 0 Å². The molecule has 0 saturated carbocycles. The van der Waals surface area contributed by atoms with Gasteiger partial charge in [-0.25, -0.2) is 0 Å². The molecule has 1 nitrogen and oxygen atoms in total. The van der Waals surface area contributed by atoms with Gasteiger partial charge in [-0.15, -0.1) is 0 Å². The highest BCUT2D eigenvalue weighted by Crippen LogP contribution is 2.39. The standard InChI is InChI=1S/C9H14F3N/c1-2-6-3-7(9(10,11)12)5-8(13)4-6/h4,6-7H,2-3,5,13H2,1H3. The number of hydrogen-bond acceptors (Lipinski definition) is 1. The number of alkyl halides is 3. The van der Waals surface area contributed by atoms with Crippen molar-refractivity contribution in [3.8, 4) is 0 Å². The lowest BCUT2D eigenvalue weighted by atomic mass is 9.83. The fraction of sp³-hybridized carbons (Fsp3) is 0.778. The van der Waals surface area contributed by atoms with E-state index >= 15 is 0 Å². The Labute approximate surface area is 75.8 Å². The molecule has 0 aromatic carbocycles. The Hall–Kier alpha value is -0.670. The maximum atomic E-state index is 12.3. The normalized spacial score (nSPS) is 30.0. The van der Waals surface area contributed by atoms with Gasteiger partial charge in [0, 0.05) is 5.70 Å². The zero-order valence-electron chi connectivity index (χ0n) is 7.56. The van der Waals surface area contributed by atoms with Crippen LogP contribution in [0, 0.1) is 11.8 Å². The second-order valence-electron chi connectivity index (χ2n) is 3.59. The quantitative estimate of drug-likeness (QED) is 0.680. The first-order valence-corrected chi connectivity index (χ1v) is 4.46. The summed E-state index contributed by atoms with van der Waals surface area (Å²) in [6.45, 7) is 1.88. The number of rotatable bonds is 1. The van der Waals surface area contributed by atoms with Crippen molar-refractivity contribution in [3.05, 3.63) is 11.8 Å². The lowest BCUT2D eigenvalue weighted by Gasteiger charge is -2.28. The van der Waals surface area contributed by atoms with Gasteiger partial charge in [-0.3, -0.25) is 0 Å². The summed E-state index contributed by atoms with van der Waals surface area (Å²) in [5.41, 5.74) is 5.84. The van der Waals surface area contributed by atoms with Crippen LogP contribution in [0.2, 0.25) is 0 Å². The Morgan fingerprint density at radius 2 is 2.15 bits per heavy atom. The summed E-state index contributed by atoms with van der Waals surface area (Å²) >= 11 is 0. The van der Waals surface area contributed by atoms with Crippen LogP contribution in [0.25, 0.3) is 0 Å². The van der Waals surface area contributed by atoms with E-state index in [1.54, 1.807) is 6.08 Å². The van der Waals surface area contributed by atoms with Crippen LogP contribution in [0.3, 0.4) is 0 Å². The average molecular weight is 193 g/mol. The lowest BCUT2D eigenvalue weighted by molar-refractivity contribution is -0.179. The molecule has 0 spiro atoms. The third kappa shape index (κ3) is 2.64. The molecule has 0 aliphatic heterocycles. The van der Waals surface area contributed by atoms with Gasteiger partial charge in [0.1, 0.15) is 0 Å². The summed E-state index contributed by atoms with van der Waals surface area (Å²) < 4.78 is 37.0. The first-order valence-electron chi connectivity index (χ1n) is 4.46. The van der Waals surface area contributed by atoms with Crippen LogP contribution in [0.1, 0.15) is 26.2 Å². The van der Waals surface area contributed by atoms with E-state index in [-0.39, 0.29) is 18.8 Å². The molecule has 2 unspecified atom stereocenters. The Morgan fingerprint density at radius 3 is 2.62 bits per heavy atom. The molecule has 0 radical (unpaired) electrons. The fourth-order valence-electron chi connectivity index (χ4n) is 1.71. The highest BCUT2D eigenvalue weighted by Gasteiger charge is 2.41. The van der Waals surface area contributed by atoms with Crippen LogP contribution in [0.4, 0.5) is 13.2 Å². The highest BCUT2D eigenvalue weighted by molar-refractivity contribution is 5.06. The second kappa shape index (κ2) is 3.60. The van der Waals surface area contributed by atoms with E-state index < -0.39 is 12.1 Å². The summed E-state index contributed by atoms with van der Waals surface area (Å²) in [6.07, 6.45) is -1.43. The van der Waals surface area contributed by atoms with Gasteiger partial charge in [-0.2, -0.15) is 13.2 Å². The van der Waals surface area contributed by atoms with E-state index in [1.807, 2.05) is 6.92 Å². The van der Waals surface area contributed by atoms with Crippen LogP contribution >= 0.6 is 0 Å². The molecule has 0 aromatic heterocycles. The van der Waals surface area contributed by atoms with Gasteiger partial charge in [0.05, 0.1) is 5.92 Å². The first kappa shape index (κ1) is 10.4. The highest BCUT2D eigenvalue weighted by atomic mass is 19.4. The molecule has 0 saturated heterocycles. The molecule has 0 amide bonds. The third-order valence-corrected chi connectivity index (χ3v) is 2.51. The summed E-state index contributed by atoms with van der Waals surface area (Å²) in [5.74, 6) is -1.23. The summed E-state index contributed by atoms with van der Waals surface area (Å²) in [7, 11) is 0. The van der Waals surface area contributed by atoms with E-state index in [4.69, 9.17) is 5.73 Å². The largest absolute Gasteiger partial charge is 0.402 e. The third-order valence-electron chi connectivity index (χ3n) is 2.51. The smallest absolute Gasteiger partial charge is 0.392 e. The van der Waals surface area contributed by atoms with Crippen LogP contribution < -0.4 is 5.73 Å². The van der Waals surface area contributed by atoms with Gasteiger partial charge in [0.25, 0.3) is 0 Å². The molecule has 76 valence electrons. The predicted octanol–water partition coefficient (Wildman–Crippen LogP) is 2.83. The topological polar surface area (TPSA) is 26.0 Å². The molecule has 0 fully saturated rings. The van der Waals surface area contributed by atoms with Crippen molar-refractivity contribution in [1.82, 2.24) is 0 Å². The predicted molar refractivity (Wildman–Crippen MR) is 44.8 cm³/mol. The van der Waals surface area contributed by atoms with E-state index in [0.29, 0.717) is 5.70 Å². The van der Waals surface area contributed by atoms with Gasteiger partial charge < -0.3 is 5.73 Å². The molecular weight excluding hydrogens is 179 g/mol. The van der Waals surface area contributed by atoms with Gasteiger partial charge in [-0.1, -0.05) is 13.0 Å². The van der Waals surface area contributed by atoms with Crippen LogP contribution in [-0.4, -0.2) is 6.18 Å². The van der Waals surface area contributed by atoms with Crippen molar-refractivity contribution >= 4 is 0 Å². The second-order valence-corrected chi connectivity index (χ2v) is 3.59. The minimum absolute atomic E-state index is 0.000347. The van der Waals surface area contributed by atoms with Gasteiger partial charge in [-0.05, 0) is 25.2 Å². The zero-order valence-corrected chi connectivity index (χ0v) is 7.56. The molecule has 1 rings (SSSR count). The lowest BCUT2D eigenvalue weighted by Crippen LogP contribution is -2.29. The van der Waals surface area contributed by atoms with Crippen molar-refractivity contribution in [3.63, 3.8) is 0 Å². The van der Waals surface area contributed by atoms with Crippen LogP contribution in [-0.2, 0) is 0 Å². The Balaban J connectivity index is 2.69. The van der Waals surface area contributed by atoms with E-state index in [9.17, 15) is 13.2 Å². The minimum atomic E-state index is -4.09. The summed E-state index contributed by atoms with van der Waals surface area (Å²) in [5, 5.41) is 0. The molecular formula is C9H14F3N. The molecule has 1 aliphatic carbocycles. The van der Waals surface area contributed by atoms with Crippen LogP contribution in [0.15, 0.2) is 11.8 Å². The Morgan fingerprint density at radius 1 is 1.54 bits per heavy atom. The molecule has 2 atom stereocenters. The van der Waals surface area contributed by atoms with Crippen molar-refractivity contribution < 1.29 is 13.2 Å². The molecule has 4 heteroatoms. The number of hydrogen-bond donors (Lipinski definition) is 1. The first-order chi connectivity index (χ1) is 5.93. The van der Waals surface area contributed by atoms with Gasteiger partial charge in [0.2, 0.25) is 0 Å². The van der Waals surface area contributed by atoms with Gasteiger partial charge in [0.15, 0.2) is 0 Å². The van der Waals surface area contributed by atoms with Gasteiger partial charge >= 0.3 is 6.18 Å². The van der Waals surface area contributed by atoms with Crippen molar-refractivity contribution in [2.75, 3.05) is 0 Å². The SMILES string of the molecule is CCC1C=C(N)CC(C(F)(F)F)C1. The minimum Gasteiger partial charge on any atom is -0.402 e. The molecule has 1 aliphatic rings. The molecule has 2 N–H and O–H groups in total. The Kier molecular flexibility index (Phi) is 2.88. The maximum absolute atomic E-state index is 12.3. The van der Waals surface area contributed by atoms with Crippen LogP contribution in [0.5, 0.6) is 0 Å². The molecule has 13 heavy (non-hydrogen) atoms. The molecule has 0 aromatic rings. The molecule has 0 heterocycles. The van der Waals surface area contributed by atoms with E-state index in [0.717, 1.165) is 6.42 Å². The average Bonchev–Trinajstić information content (AvgIpc) is 2.01. The fourth-order valence-corrected chi connectivity index (χ4v) is 1.71. The monoisotopic (exact) mass is 193 g/mol.